The minimum absolute atomic E-state index is 0.0628. The fourth-order valence-electron chi connectivity index (χ4n) is 2.53. The Balaban J connectivity index is 1.96. The molecule has 4 nitrogen and oxygen atoms in total. The van der Waals surface area contributed by atoms with Crippen LogP contribution in [0.2, 0.25) is 0 Å². The Kier molecular flexibility index (Phi) is 6.39. The van der Waals surface area contributed by atoms with Crippen molar-refractivity contribution >= 4 is 0 Å². The van der Waals surface area contributed by atoms with E-state index in [4.69, 9.17) is 9.47 Å². The average molecular weight is 315 g/mol. The van der Waals surface area contributed by atoms with Crippen LogP contribution in [0.25, 0.3) is 0 Å². The summed E-state index contributed by atoms with van der Waals surface area (Å²) < 4.78 is 40.2. The zero-order valence-corrected chi connectivity index (χ0v) is 13.0. The van der Waals surface area contributed by atoms with E-state index in [0.29, 0.717) is 18.9 Å². The molecule has 2 atom stereocenters. The predicted molar refractivity (Wildman–Crippen MR) is 79.5 cm³/mol. The fourth-order valence-corrected chi connectivity index (χ4v) is 2.53. The van der Waals surface area contributed by atoms with Gasteiger partial charge in [0, 0.05) is 19.2 Å². The van der Waals surface area contributed by atoms with Gasteiger partial charge in [-0.2, -0.15) is 8.78 Å². The predicted octanol–water partition coefficient (Wildman–Crippen LogP) is 3.34. The van der Waals surface area contributed by atoms with E-state index in [0.717, 1.165) is 25.0 Å². The summed E-state index contributed by atoms with van der Waals surface area (Å²) in [5.74, 6) is 0.402. The molecule has 1 fully saturated rings. The number of alkyl halides is 2. The first-order valence-corrected chi connectivity index (χ1v) is 7.65. The molecule has 0 radical (unpaired) electrons. The highest BCUT2D eigenvalue weighted by atomic mass is 19.3. The smallest absolute Gasteiger partial charge is 0.387 e. The van der Waals surface area contributed by atoms with Crippen LogP contribution in [-0.4, -0.2) is 32.0 Å². The number of benzene rings is 1. The van der Waals surface area contributed by atoms with Crippen LogP contribution in [0, 0.1) is 0 Å². The Hall–Kier alpha value is -1.40. The highest BCUT2D eigenvalue weighted by Gasteiger charge is 2.21. The molecule has 2 rings (SSSR count). The Bertz CT molecular complexity index is 465. The molecule has 1 aliphatic heterocycles. The van der Waals surface area contributed by atoms with Crippen LogP contribution in [0.1, 0.15) is 32.3 Å². The molecule has 22 heavy (non-hydrogen) atoms. The van der Waals surface area contributed by atoms with Crippen molar-refractivity contribution in [3.8, 4) is 11.5 Å². The maximum absolute atomic E-state index is 12.4. The van der Waals surface area contributed by atoms with Crippen LogP contribution in [0.15, 0.2) is 18.2 Å². The third-order valence-corrected chi connectivity index (χ3v) is 3.67. The molecule has 1 saturated heterocycles. The Morgan fingerprint density at radius 3 is 2.82 bits per heavy atom. The van der Waals surface area contributed by atoms with Gasteiger partial charge in [-0.15, -0.1) is 0 Å². The maximum atomic E-state index is 12.4. The fraction of sp³-hybridized carbons (Fsp3) is 0.625. The zero-order chi connectivity index (χ0) is 15.9. The lowest BCUT2D eigenvalue weighted by Crippen LogP contribution is -2.36. The molecular weight excluding hydrogens is 292 g/mol. The van der Waals surface area contributed by atoms with Crippen molar-refractivity contribution in [2.24, 2.45) is 0 Å². The molecule has 124 valence electrons. The molecule has 1 aliphatic rings. The van der Waals surface area contributed by atoms with Gasteiger partial charge in [0.15, 0.2) is 11.5 Å². The van der Waals surface area contributed by atoms with Gasteiger partial charge >= 0.3 is 6.61 Å². The first kappa shape index (κ1) is 17.0. The van der Waals surface area contributed by atoms with Gasteiger partial charge in [-0.1, -0.05) is 6.07 Å². The second-order valence-electron chi connectivity index (χ2n) is 5.31. The molecular formula is C16H23F2NO3. The summed E-state index contributed by atoms with van der Waals surface area (Å²) in [4.78, 5) is 0. The quantitative estimate of drug-likeness (QED) is 0.798. The number of halogens is 2. The third-order valence-electron chi connectivity index (χ3n) is 3.67. The molecule has 1 aromatic carbocycles. The summed E-state index contributed by atoms with van der Waals surface area (Å²) in [6.07, 6.45) is 2.41. The summed E-state index contributed by atoms with van der Waals surface area (Å²) in [5, 5.41) is 3.40. The van der Waals surface area contributed by atoms with Crippen molar-refractivity contribution in [3.05, 3.63) is 23.8 Å². The maximum Gasteiger partial charge on any atom is 0.387 e. The Morgan fingerprint density at radius 2 is 2.18 bits per heavy atom. The SMILES string of the molecule is CCOc1cc(CNC(C)C2CCCO2)ccc1OC(F)F. The monoisotopic (exact) mass is 315 g/mol. The minimum Gasteiger partial charge on any atom is -0.490 e. The van der Waals surface area contributed by atoms with Gasteiger partial charge in [0.1, 0.15) is 0 Å². The summed E-state index contributed by atoms with van der Waals surface area (Å²) in [5.41, 5.74) is 0.954. The molecule has 1 N–H and O–H groups in total. The van der Waals surface area contributed by atoms with Gasteiger partial charge in [-0.25, -0.2) is 0 Å². The molecule has 0 aliphatic carbocycles. The molecule has 0 spiro atoms. The largest absolute Gasteiger partial charge is 0.490 e. The van der Waals surface area contributed by atoms with E-state index in [9.17, 15) is 8.78 Å². The zero-order valence-electron chi connectivity index (χ0n) is 13.0. The van der Waals surface area contributed by atoms with Crippen molar-refractivity contribution in [3.63, 3.8) is 0 Å². The summed E-state index contributed by atoms with van der Waals surface area (Å²) in [6, 6.07) is 5.26. The number of hydrogen-bond acceptors (Lipinski definition) is 4. The molecule has 0 amide bonds. The van der Waals surface area contributed by atoms with Crippen molar-refractivity contribution in [1.29, 1.82) is 0 Å². The molecule has 0 saturated carbocycles. The number of ether oxygens (including phenoxy) is 3. The van der Waals surface area contributed by atoms with Gasteiger partial charge in [0.25, 0.3) is 0 Å². The van der Waals surface area contributed by atoms with Crippen molar-refractivity contribution in [2.45, 2.75) is 52.0 Å². The van der Waals surface area contributed by atoms with Crippen LogP contribution in [-0.2, 0) is 11.3 Å². The minimum atomic E-state index is -2.86. The van der Waals surface area contributed by atoms with Crippen molar-refractivity contribution < 1.29 is 23.0 Å². The lowest BCUT2D eigenvalue weighted by atomic mass is 10.1. The van der Waals surface area contributed by atoms with E-state index in [1.54, 1.807) is 19.1 Å². The molecule has 0 aromatic heterocycles. The number of nitrogens with one attached hydrogen (secondary N) is 1. The highest BCUT2D eigenvalue weighted by molar-refractivity contribution is 5.43. The molecule has 1 aromatic rings. The van der Waals surface area contributed by atoms with E-state index < -0.39 is 6.61 Å². The second-order valence-corrected chi connectivity index (χ2v) is 5.31. The molecule has 1 heterocycles. The van der Waals surface area contributed by atoms with Gasteiger partial charge in [-0.05, 0) is 44.4 Å². The standard InChI is InChI=1S/C16H23F2NO3/c1-3-20-15-9-12(6-7-14(15)22-16(17)18)10-19-11(2)13-5-4-8-21-13/h6-7,9,11,13,16,19H,3-5,8,10H2,1-2H3. The van der Waals surface area contributed by atoms with Crippen molar-refractivity contribution in [1.82, 2.24) is 5.32 Å². The van der Waals surface area contributed by atoms with E-state index in [-0.39, 0.29) is 17.9 Å². The van der Waals surface area contributed by atoms with E-state index in [2.05, 4.69) is 17.0 Å². The van der Waals surface area contributed by atoms with Crippen LogP contribution in [0.3, 0.4) is 0 Å². The van der Waals surface area contributed by atoms with Gasteiger partial charge in [0.05, 0.1) is 12.7 Å². The normalized spacial score (nSPS) is 19.4. The topological polar surface area (TPSA) is 39.7 Å². The van der Waals surface area contributed by atoms with Gasteiger partial charge < -0.3 is 19.5 Å². The van der Waals surface area contributed by atoms with E-state index >= 15 is 0 Å². The molecule has 2 unspecified atom stereocenters. The van der Waals surface area contributed by atoms with E-state index in [1.165, 1.54) is 6.07 Å². The Labute approximate surface area is 129 Å². The van der Waals surface area contributed by atoms with E-state index in [1.807, 2.05) is 0 Å². The first-order chi connectivity index (χ1) is 10.6. The summed E-state index contributed by atoms with van der Waals surface area (Å²) in [7, 11) is 0. The Morgan fingerprint density at radius 1 is 1.36 bits per heavy atom. The molecule has 0 bridgehead atoms. The number of hydrogen-bond donors (Lipinski definition) is 1. The van der Waals surface area contributed by atoms with Crippen LogP contribution >= 0.6 is 0 Å². The second kappa shape index (κ2) is 8.29. The summed E-state index contributed by atoms with van der Waals surface area (Å²) in [6.45, 7) is 2.87. The highest BCUT2D eigenvalue weighted by Crippen LogP contribution is 2.30. The molecule has 6 heteroatoms. The van der Waals surface area contributed by atoms with Crippen LogP contribution in [0.4, 0.5) is 8.78 Å². The van der Waals surface area contributed by atoms with Crippen molar-refractivity contribution in [2.75, 3.05) is 13.2 Å². The third kappa shape index (κ3) is 4.81. The van der Waals surface area contributed by atoms with Gasteiger partial charge in [-0.3, -0.25) is 0 Å². The first-order valence-electron chi connectivity index (χ1n) is 7.65. The summed E-state index contributed by atoms with van der Waals surface area (Å²) >= 11 is 0. The number of rotatable bonds is 8. The lowest BCUT2D eigenvalue weighted by molar-refractivity contribution is -0.0514. The van der Waals surface area contributed by atoms with Crippen LogP contribution < -0.4 is 14.8 Å². The van der Waals surface area contributed by atoms with Crippen LogP contribution in [0.5, 0.6) is 11.5 Å². The average Bonchev–Trinajstić information content (AvgIpc) is 3.01. The lowest BCUT2D eigenvalue weighted by Gasteiger charge is -2.20. The van der Waals surface area contributed by atoms with Gasteiger partial charge in [0.2, 0.25) is 0 Å².